The average molecular weight is 380 g/mol. The molecule has 2 amide bonds. The summed E-state index contributed by atoms with van der Waals surface area (Å²) in [5.74, 6) is -0.512. The van der Waals surface area contributed by atoms with E-state index in [9.17, 15) is 9.59 Å². The Labute approximate surface area is 166 Å². The Bertz CT molecular complexity index is 825. The normalized spacial score (nSPS) is 14.8. The van der Waals surface area contributed by atoms with Crippen molar-refractivity contribution in [1.82, 2.24) is 4.90 Å². The summed E-state index contributed by atoms with van der Waals surface area (Å²) in [5, 5.41) is 5.74. The van der Waals surface area contributed by atoms with Crippen LogP contribution in [-0.4, -0.2) is 49.9 Å². The first-order chi connectivity index (χ1) is 13.4. The molecule has 1 fully saturated rings. The molecule has 0 unspecified atom stereocenters. The molecule has 1 heterocycles. The highest BCUT2D eigenvalue weighted by Gasteiger charge is 2.16. The molecule has 0 aromatic heterocycles. The van der Waals surface area contributed by atoms with E-state index in [1.807, 2.05) is 38.1 Å². The molecule has 0 aliphatic carbocycles. The fourth-order valence-corrected chi connectivity index (χ4v) is 3.09. The van der Waals surface area contributed by atoms with Crippen LogP contribution in [0.1, 0.15) is 24.2 Å². The van der Waals surface area contributed by atoms with Crippen LogP contribution < -0.4 is 15.5 Å². The SMILES string of the molecule is CC(C)C(=O)Nc1ccccc1C(=O)Nc1ccc(N2CCN(C)CC2)cc1. The molecule has 2 aromatic carbocycles. The van der Waals surface area contributed by atoms with Crippen molar-refractivity contribution < 1.29 is 9.59 Å². The van der Waals surface area contributed by atoms with Gasteiger partial charge in [-0.25, -0.2) is 0 Å². The summed E-state index contributed by atoms with van der Waals surface area (Å²) in [6.07, 6.45) is 0. The predicted molar refractivity (Wildman–Crippen MR) is 114 cm³/mol. The molecule has 0 spiro atoms. The van der Waals surface area contributed by atoms with Crippen LogP contribution in [0.15, 0.2) is 48.5 Å². The number of nitrogens with zero attached hydrogens (tertiary/aromatic N) is 2. The van der Waals surface area contributed by atoms with Crippen LogP contribution in [0.4, 0.5) is 17.1 Å². The minimum absolute atomic E-state index is 0.114. The highest BCUT2D eigenvalue weighted by molar-refractivity contribution is 6.10. The molecule has 0 radical (unpaired) electrons. The molecule has 28 heavy (non-hydrogen) atoms. The van der Waals surface area contributed by atoms with Crippen molar-refractivity contribution >= 4 is 28.9 Å². The van der Waals surface area contributed by atoms with E-state index >= 15 is 0 Å². The first kappa shape index (κ1) is 19.9. The summed E-state index contributed by atoms with van der Waals surface area (Å²) < 4.78 is 0. The Morgan fingerprint density at radius 3 is 2.18 bits per heavy atom. The Balaban J connectivity index is 1.67. The van der Waals surface area contributed by atoms with Crippen LogP contribution in [0.3, 0.4) is 0 Å². The summed E-state index contributed by atoms with van der Waals surface area (Å²) in [7, 11) is 2.14. The van der Waals surface area contributed by atoms with E-state index in [1.165, 1.54) is 0 Å². The van der Waals surface area contributed by atoms with Crippen molar-refractivity contribution in [3.63, 3.8) is 0 Å². The van der Waals surface area contributed by atoms with E-state index < -0.39 is 0 Å². The second-order valence-corrected chi connectivity index (χ2v) is 7.48. The molecular weight excluding hydrogens is 352 g/mol. The van der Waals surface area contributed by atoms with Gasteiger partial charge in [-0.05, 0) is 43.4 Å². The Morgan fingerprint density at radius 1 is 0.893 bits per heavy atom. The summed E-state index contributed by atoms with van der Waals surface area (Å²) in [6.45, 7) is 7.75. The molecule has 1 saturated heterocycles. The molecule has 0 bridgehead atoms. The Kier molecular flexibility index (Phi) is 6.31. The highest BCUT2D eigenvalue weighted by atomic mass is 16.2. The lowest BCUT2D eigenvalue weighted by atomic mass is 10.1. The van der Waals surface area contributed by atoms with Crippen LogP contribution in [0.2, 0.25) is 0 Å². The summed E-state index contributed by atoms with van der Waals surface area (Å²) in [4.78, 5) is 29.4. The Morgan fingerprint density at radius 2 is 1.54 bits per heavy atom. The molecule has 2 aromatic rings. The minimum Gasteiger partial charge on any atom is -0.369 e. The van der Waals surface area contributed by atoms with Gasteiger partial charge in [-0.2, -0.15) is 0 Å². The number of piperazine rings is 1. The van der Waals surface area contributed by atoms with E-state index in [0.717, 1.165) is 37.6 Å². The standard InChI is InChI=1S/C22H28N4O2/c1-16(2)21(27)24-20-7-5-4-6-19(20)22(28)23-17-8-10-18(11-9-17)26-14-12-25(3)13-15-26/h4-11,16H,12-15H2,1-3H3,(H,23,28)(H,24,27). The van der Waals surface area contributed by atoms with Gasteiger partial charge in [-0.3, -0.25) is 9.59 Å². The number of likely N-dealkylation sites (N-methyl/N-ethyl adjacent to an activating group) is 1. The lowest BCUT2D eigenvalue weighted by molar-refractivity contribution is -0.118. The van der Waals surface area contributed by atoms with Crippen LogP contribution in [0.5, 0.6) is 0 Å². The van der Waals surface area contributed by atoms with E-state index in [2.05, 4.69) is 27.5 Å². The van der Waals surface area contributed by atoms with Gasteiger partial charge in [0.25, 0.3) is 5.91 Å². The lowest BCUT2D eigenvalue weighted by Crippen LogP contribution is -2.44. The van der Waals surface area contributed by atoms with Crippen LogP contribution >= 0.6 is 0 Å². The number of para-hydroxylation sites is 1. The zero-order valence-electron chi connectivity index (χ0n) is 16.7. The number of amides is 2. The van der Waals surface area contributed by atoms with Gasteiger partial charge in [-0.1, -0.05) is 26.0 Å². The van der Waals surface area contributed by atoms with Gasteiger partial charge in [0.2, 0.25) is 5.91 Å². The molecule has 1 aliphatic rings. The molecule has 2 N–H and O–H groups in total. The highest BCUT2D eigenvalue weighted by Crippen LogP contribution is 2.21. The molecule has 6 heteroatoms. The van der Waals surface area contributed by atoms with Crippen molar-refractivity contribution in [2.45, 2.75) is 13.8 Å². The number of carbonyl (C=O) groups excluding carboxylic acids is 2. The first-order valence-electron chi connectivity index (χ1n) is 9.69. The van der Waals surface area contributed by atoms with Crippen LogP contribution in [0, 0.1) is 5.92 Å². The third kappa shape index (κ3) is 4.89. The summed E-state index contributed by atoms with van der Waals surface area (Å²) >= 11 is 0. The second-order valence-electron chi connectivity index (χ2n) is 7.48. The molecule has 3 rings (SSSR count). The fourth-order valence-electron chi connectivity index (χ4n) is 3.09. The number of rotatable bonds is 5. The number of hydrogen-bond donors (Lipinski definition) is 2. The largest absolute Gasteiger partial charge is 0.369 e. The summed E-state index contributed by atoms with van der Waals surface area (Å²) in [6, 6.07) is 15.0. The molecule has 6 nitrogen and oxygen atoms in total. The number of nitrogens with one attached hydrogen (secondary N) is 2. The van der Waals surface area contributed by atoms with Gasteiger partial charge >= 0.3 is 0 Å². The van der Waals surface area contributed by atoms with Gasteiger partial charge in [0, 0.05) is 43.5 Å². The number of benzene rings is 2. The monoisotopic (exact) mass is 380 g/mol. The second kappa shape index (κ2) is 8.89. The predicted octanol–water partition coefficient (Wildman–Crippen LogP) is 3.29. The molecule has 148 valence electrons. The van der Waals surface area contributed by atoms with Gasteiger partial charge in [0.15, 0.2) is 0 Å². The number of anilines is 3. The quantitative estimate of drug-likeness (QED) is 0.836. The minimum atomic E-state index is -0.244. The fraction of sp³-hybridized carbons (Fsp3) is 0.364. The molecule has 1 aliphatic heterocycles. The van der Waals surface area contributed by atoms with Crippen LogP contribution in [-0.2, 0) is 4.79 Å². The third-order valence-electron chi connectivity index (χ3n) is 4.95. The Hall–Kier alpha value is -2.86. The smallest absolute Gasteiger partial charge is 0.257 e. The zero-order valence-corrected chi connectivity index (χ0v) is 16.7. The van der Waals surface area contributed by atoms with E-state index in [-0.39, 0.29) is 17.7 Å². The van der Waals surface area contributed by atoms with Gasteiger partial charge < -0.3 is 20.4 Å². The topological polar surface area (TPSA) is 64.7 Å². The molecule has 0 atom stereocenters. The summed E-state index contributed by atoms with van der Waals surface area (Å²) in [5.41, 5.74) is 2.86. The van der Waals surface area contributed by atoms with Gasteiger partial charge in [0.1, 0.15) is 0 Å². The zero-order chi connectivity index (χ0) is 20.1. The number of hydrogen-bond acceptors (Lipinski definition) is 4. The average Bonchev–Trinajstić information content (AvgIpc) is 2.69. The van der Waals surface area contributed by atoms with Crippen molar-refractivity contribution in [1.29, 1.82) is 0 Å². The van der Waals surface area contributed by atoms with Crippen LogP contribution in [0.25, 0.3) is 0 Å². The van der Waals surface area contributed by atoms with Crippen molar-refractivity contribution in [2.24, 2.45) is 5.92 Å². The van der Waals surface area contributed by atoms with E-state index in [4.69, 9.17) is 0 Å². The number of carbonyl (C=O) groups is 2. The van der Waals surface area contributed by atoms with Gasteiger partial charge in [0.05, 0.1) is 11.3 Å². The maximum Gasteiger partial charge on any atom is 0.257 e. The molecular formula is C22H28N4O2. The van der Waals surface area contributed by atoms with Crippen molar-refractivity contribution in [2.75, 3.05) is 48.8 Å². The third-order valence-corrected chi connectivity index (χ3v) is 4.95. The van der Waals surface area contributed by atoms with E-state index in [1.54, 1.807) is 24.3 Å². The molecule has 0 saturated carbocycles. The van der Waals surface area contributed by atoms with Crippen molar-refractivity contribution in [3.05, 3.63) is 54.1 Å². The lowest BCUT2D eigenvalue weighted by Gasteiger charge is -2.34. The van der Waals surface area contributed by atoms with Gasteiger partial charge in [-0.15, -0.1) is 0 Å². The van der Waals surface area contributed by atoms with E-state index in [0.29, 0.717) is 11.3 Å². The maximum atomic E-state index is 12.7. The first-order valence-corrected chi connectivity index (χ1v) is 9.69. The maximum absolute atomic E-state index is 12.7. The van der Waals surface area contributed by atoms with Crippen molar-refractivity contribution in [3.8, 4) is 0 Å².